The number of amides is 2. The van der Waals surface area contributed by atoms with Crippen molar-refractivity contribution >= 4 is 29.1 Å². The fraction of sp³-hybridized carbons (Fsp3) is 0.238. The molecule has 1 unspecified atom stereocenters. The third-order valence-electron chi connectivity index (χ3n) is 4.87. The maximum atomic E-state index is 12.5. The van der Waals surface area contributed by atoms with Gasteiger partial charge in [-0.25, -0.2) is 0 Å². The van der Waals surface area contributed by atoms with E-state index in [9.17, 15) is 9.59 Å². The SMILES string of the molecule is Cc1ccc(Cl)cc1N1CC(c2noc(CNC(=O)c3ccccc3)n2)CC1=O. The molecule has 3 aromatic rings. The molecule has 7 nitrogen and oxygen atoms in total. The van der Waals surface area contributed by atoms with Gasteiger partial charge in [0.05, 0.1) is 6.54 Å². The van der Waals surface area contributed by atoms with Crippen LogP contribution in [0.25, 0.3) is 0 Å². The van der Waals surface area contributed by atoms with Gasteiger partial charge < -0.3 is 14.7 Å². The third kappa shape index (κ3) is 4.14. The van der Waals surface area contributed by atoms with Crippen LogP contribution in [0.5, 0.6) is 0 Å². The number of carbonyl (C=O) groups excluding carboxylic acids is 2. The van der Waals surface area contributed by atoms with Crippen LogP contribution in [0.15, 0.2) is 53.1 Å². The van der Waals surface area contributed by atoms with E-state index in [0.717, 1.165) is 11.3 Å². The van der Waals surface area contributed by atoms with Crippen molar-refractivity contribution in [1.82, 2.24) is 15.5 Å². The van der Waals surface area contributed by atoms with Gasteiger partial charge in [0.25, 0.3) is 5.91 Å². The van der Waals surface area contributed by atoms with E-state index in [1.54, 1.807) is 41.3 Å². The second-order valence-electron chi connectivity index (χ2n) is 6.93. The first-order chi connectivity index (χ1) is 14.0. The zero-order chi connectivity index (χ0) is 20.4. The van der Waals surface area contributed by atoms with E-state index in [2.05, 4.69) is 15.5 Å². The highest BCUT2D eigenvalue weighted by molar-refractivity contribution is 6.31. The average molecular weight is 411 g/mol. The van der Waals surface area contributed by atoms with Gasteiger partial charge in [0, 0.05) is 35.2 Å². The van der Waals surface area contributed by atoms with Crippen molar-refractivity contribution in [1.29, 1.82) is 0 Å². The summed E-state index contributed by atoms with van der Waals surface area (Å²) in [5.41, 5.74) is 2.32. The molecule has 1 aromatic heterocycles. The van der Waals surface area contributed by atoms with Crippen LogP contribution in [0.4, 0.5) is 5.69 Å². The Morgan fingerprint density at radius 1 is 1.28 bits per heavy atom. The summed E-state index contributed by atoms with van der Waals surface area (Å²) in [6.45, 7) is 2.52. The van der Waals surface area contributed by atoms with Crippen molar-refractivity contribution < 1.29 is 14.1 Å². The number of halogens is 1. The zero-order valence-electron chi connectivity index (χ0n) is 15.8. The van der Waals surface area contributed by atoms with Crippen LogP contribution in [-0.2, 0) is 11.3 Å². The standard InChI is InChI=1S/C21H19ClN4O3/c1-13-7-8-16(22)10-17(13)26-12-15(9-19(26)27)20-24-18(29-25-20)11-23-21(28)14-5-3-2-4-6-14/h2-8,10,15H,9,11-12H2,1H3,(H,23,28). The minimum atomic E-state index is -0.219. The summed E-state index contributed by atoms with van der Waals surface area (Å²) in [6.07, 6.45) is 0.293. The number of aromatic nitrogens is 2. The smallest absolute Gasteiger partial charge is 0.251 e. The number of rotatable bonds is 5. The van der Waals surface area contributed by atoms with Crippen molar-refractivity contribution in [2.24, 2.45) is 0 Å². The summed E-state index contributed by atoms with van der Waals surface area (Å²) >= 11 is 6.09. The Balaban J connectivity index is 1.41. The molecule has 0 bridgehead atoms. The molecular weight excluding hydrogens is 392 g/mol. The quantitative estimate of drug-likeness (QED) is 0.695. The number of carbonyl (C=O) groups is 2. The average Bonchev–Trinajstić information content (AvgIpc) is 3.35. The number of nitrogens with one attached hydrogen (secondary N) is 1. The Hall–Kier alpha value is -3.19. The molecule has 1 aliphatic heterocycles. The van der Waals surface area contributed by atoms with E-state index in [1.165, 1.54) is 0 Å². The van der Waals surface area contributed by atoms with Gasteiger partial charge in [-0.1, -0.05) is 41.0 Å². The molecule has 0 aliphatic carbocycles. The summed E-state index contributed by atoms with van der Waals surface area (Å²) in [6, 6.07) is 14.4. The Morgan fingerprint density at radius 3 is 2.86 bits per heavy atom. The first kappa shape index (κ1) is 19.1. The summed E-state index contributed by atoms with van der Waals surface area (Å²) in [5.74, 6) is 0.356. The fourth-order valence-corrected chi connectivity index (χ4v) is 3.51. The summed E-state index contributed by atoms with van der Waals surface area (Å²) in [4.78, 5) is 30.7. The van der Waals surface area contributed by atoms with E-state index >= 15 is 0 Å². The number of aryl methyl sites for hydroxylation is 1. The number of nitrogens with zero attached hydrogens (tertiary/aromatic N) is 3. The van der Waals surface area contributed by atoms with E-state index in [-0.39, 0.29) is 24.3 Å². The van der Waals surface area contributed by atoms with Crippen LogP contribution in [0.1, 0.15) is 40.0 Å². The molecule has 0 spiro atoms. The monoisotopic (exact) mass is 410 g/mol. The van der Waals surface area contributed by atoms with Gasteiger partial charge in [-0.15, -0.1) is 0 Å². The molecule has 29 heavy (non-hydrogen) atoms. The van der Waals surface area contributed by atoms with Crippen LogP contribution in [0.2, 0.25) is 5.02 Å². The lowest BCUT2D eigenvalue weighted by atomic mass is 10.1. The molecule has 2 heterocycles. The maximum Gasteiger partial charge on any atom is 0.251 e. The van der Waals surface area contributed by atoms with Gasteiger partial charge in [0.2, 0.25) is 11.8 Å². The Bertz CT molecular complexity index is 1050. The van der Waals surface area contributed by atoms with Crippen molar-refractivity contribution in [2.75, 3.05) is 11.4 Å². The molecule has 1 N–H and O–H groups in total. The number of anilines is 1. The third-order valence-corrected chi connectivity index (χ3v) is 5.11. The Labute approximate surface area is 172 Å². The van der Waals surface area contributed by atoms with E-state index in [1.807, 2.05) is 19.1 Å². The van der Waals surface area contributed by atoms with E-state index in [0.29, 0.717) is 35.3 Å². The highest BCUT2D eigenvalue weighted by atomic mass is 35.5. The van der Waals surface area contributed by atoms with Crippen molar-refractivity contribution in [3.8, 4) is 0 Å². The minimum absolute atomic E-state index is 0.0101. The van der Waals surface area contributed by atoms with Crippen molar-refractivity contribution in [3.63, 3.8) is 0 Å². The molecule has 148 valence electrons. The fourth-order valence-electron chi connectivity index (χ4n) is 3.34. The van der Waals surface area contributed by atoms with Gasteiger partial charge in [-0.3, -0.25) is 9.59 Å². The Morgan fingerprint density at radius 2 is 2.07 bits per heavy atom. The molecule has 0 radical (unpaired) electrons. The lowest BCUT2D eigenvalue weighted by Gasteiger charge is -2.19. The molecule has 1 fully saturated rings. The summed E-state index contributed by atoms with van der Waals surface area (Å²) in [5, 5.41) is 7.34. The second kappa shape index (κ2) is 8.05. The number of benzene rings is 2. The van der Waals surface area contributed by atoms with Crippen LogP contribution >= 0.6 is 11.6 Å². The first-order valence-electron chi connectivity index (χ1n) is 9.23. The Kier molecular flexibility index (Phi) is 5.31. The lowest BCUT2D eigenvalue weighted by Crippen LogP contribution is -2.25. The van der Waals surface area contributed by atoms with Crippen molar-refractivity contribution in [3.05, 3.63) is 76.4 Å². The molecule has 1 aliphatic rings. The predicted octanol–water partition coefficient (Wildman–Crippen LogP) is 3.48. The predicted molar refractivity (Wildman–Crippen MR) is 108 cm³/mol. The molecule has 8 heteroatoms. The zero-order valence-corrected chi connectivity index (χ0v) is 16.5. The lowest BCUT2D eigenvalue weighted by molar-refractivity contribution is -0.117. The molecule has 1 saturated heterocycles. The van der Waals surface area contributed by atoms with Crippen LogP contribution < -0.4 is 10.2 Å². The first-order valence-corrected chi connectivity index (χ1v) is 9.61. The molecule has 4 rings (SSSR count). The topological polar surface area (TPSA) is 88.3 Å². The minimum Gasteiger partial charge on any atom is -0.343 e. The molecular formula is C21H19ClN4O3. The number of hydrogen-bond donors (Lipinski definition) is 1. The highest BCUT2D eigenvalue weighted by Gasteiger charge is 2.35. The highest BCUT2D eigenvalue weighted by Crippen LogP contribution is 2.33. The summed E-state index contributed by atoms with van der Waals surface area (Å²) < 4.78 is 5.26. The van der Waals surface area contributed by atoms with Crippen LogP contribution in [0.3, 0.4) is 0 Å². The van der Waals surface area contributed by atoms with Crippen molar-refractivity contribution in [2.45, 2.75) is 25.8 Å². The van der Waals surface area contributed by atoms with Gasteiger partial charge in [0.15, 0.2) is 5.82 Å². The molecule has 0 saturated carbocycles. The number of hydrogen-bond acceptors (Lipinski definition) is 5. The van der Waals surface area contributed by atoms with E-state index < -0.39 is 0 Å². The second-order valence-corrected chi connectivity index (χ2v) is 7.37. The molecule has 2 aromatic carbocycles. The van der Waals surface area contributed by atoms with Gasteiger partial charge >= 0.3 is 0 Å². The molecule has 1 atom stereocenters. The van der Waals surface area contributed by atoms with Gasteiger partial charge in [-0.2, -0.15) is 4.98 Å². The molecule has 2 amide bonds. The van der Waals surface area contributed by atoms with Crippen LogP contribution in [-0.4, -0.2) is 28.5 Å². The van der Waals surface area contributed by atoms with E-state index in [4.69, 9.17) is 16.1 Å². The van der Waals surface area contributed by atoms with Crippen LogP contribution in [0, 0.1) is 6.92 Å². The van der Waals surface area contributed by atoms with Gasteiger partial charge in [0.1, 0.15) is 0 Å². The normalized spacial score (nSPS) is 16.3. The van der Waals surface area contributed by atoms with Gasteiger partial charge in [-0.05, 0) is 36.8 Å². The summed E-state index contributed by atoms with van der Waals surface area (Å²) in [7, 11) is 0. The largest absolute Gasteiger partial charge is 0.343 e. The maximum absolute atomic E-state index is 12.5.